The van der Waals surface area contributed by atoms with Crippen LogP contribution in [0, 0.1) is 12.9 Å². The molecule has 100 valence electrons. The highest BCUT2D eigenvalue weighted by molar-refractivity contribution is 6.35. The van der Waals surface area contributed by atoms with Crippen molar-refractivity contribution in [1.29, 1.82) is 0 Å². The molecule has 1 heterocycles. The van der Waals surface area contributed by atoms with Crippen molar-refractivity contribution in [2.45, 2.75) is 20.0 Å². The van der Waals surface area contributed by atoms with Crippen molar-refractivity contribution in [2.24, 2.45) is 0 Å². The molecule has 2 rings (SSSR count). The van der Waals surface area contributed by atoms with Crippen molar-refractivity contribution in [3.63, 3.8) is 0 Å². The second-order valence-corrected chi connectivity index (χ2v) is 4.99. The van der Waals surface area contributed by atoms with Crippen LogP contribution < -0.4 is 4.74 Å². The van der Waals surface area contributed by atoms with Crippen LogP contribution in [-0.4, -0.2) is 4.98 Å². The van der Waals surface area contributed by atoms with Gasteiger partial charge < -0.3 is 4.74 Å². The molecule has 0 aliphatic carbocycles. The number of aromatic nitrogens is 1. The van der Waals surface area contributed by atoms with E-state index in [1.165, 1.54) is 6.20 Å². The summed E-state index contributed by atoms with van der Waals surface area (Å²) >= 11 is 12.0. The average molecular weight is 300 g/mol. The van der Waals surface area contributed by atoms with Crippen molar-refractivity contribution >= 4 is 23.2 Å². The number of hydrogen-bond acceptors (Lipinski definition) is 2. The van der Waals surface area contributed by atoms with Gasteiger partial charge in [0.15, 0.2) is 0 Å². The van der Waals surface area contributed by atoms with Gasteiger partial charge in [0.05, 0.1) is 0 Å². The Labute approximate surface area is 121 Å². The normalized spacial score (nSPS) is 12.3. The van der Waals surface area contributed by atoms with Gasteiger partial charge in [-0.3, -0.25) is 0 Å². The molecule has 19 heavy (non-hydrogen) atoms. The third-order valence-electron chi connectivity index (χ3n) is 2.80. The molecule has 5 heteroatoms. The van der Waals surface area contributed by atoms with E-state index in [9.17, 15) is 4.39 Å². The van der Waals surface area contributed by atoms with Crippen LogP contribution in [0.25, 0.3) is 0 Å². The van der Waals surface area contributed by atoms with Gasteiger partial charge in [-0.05, 0) is 32.0 Å². The van der Waals surface area contributed by atoms with E-state index in [1.807, 2.05) is 6.92 Å². The molecule has 0 saturated carbocycles. The molecule has 0 radical (unpaired) electrons. The molecule has 2 nitrogen and oxygen atoms in total. The summed E-state index contributed by atoms with van der Waals surface area (Å²) in [5, 5.41) is 1.08. The Morgan fingerprint density at radius 2 is 2.00 bits per heavy atom. The van der Waals surface area contributed by atoms with Crippen LogP contribution in [0.5, 0.6) is 5.75 Å². The molecule has 1 aromatic carbocycles. The van der Waals surface area contributed by atoms with Gasteiger partial charge in [0.1, 0.15) is 11.9 Å². The summed E-state index contributed by atoms with van der Waals surface area (Å²) in [4.78, 5) is 3.56. The van der Waals surface area contributed by atoms with Crippen LogP contribution in [-0.2, 0) is 0 Å². The van der Waals surface area contributed by atoms with E-state index < -0.39 is 5.95 Å². The van der Waals surface area contributed by atoms with Crippen molar-refractivity contribution in [3.8, 4) is 5.75 Å². The van der Waals surface area contributed by atoms with Gasteiger partial charge in [-0.15, -0.1) is 0 Å². The molecule has 0 N–H and O–H groups in total. The first-order chi connectivity index (χ1) is 8.99. The molecule has 0 unspecified atom stereocenters. The van der Waals surface area contributed by atoms with Crippen LogP contribution in [0.15, 0.2) is 30.5 Å². The summed E-state index contributed by atoms with van der Waals surface area (Å²) in [7, 11) is 0. The van der Waals surface area contributed by atoms with E-state index in [2.05, 4.69) is 4.98 Å². The highest BCUT2D eigenvalue weighted by Crippen LogP contribution is 2.30. The Morgan fingerprint density at radius 3 is 2.68 bits per heavy atom. The minimum Gasteiger partial charge on any atom is -0.485 e. The van der Waals surface area contributed by atoms with E-state index in [-0.39, 0.29) is 6.10 Å². The number of rotatable bonds is 3. The molecule has 0 fully saturated rings. The van der Waals surface area contributed by atoms with Crippen LogP contribution in [0.3, 0.4) is 0 Å². The summed E-state index contributed by atoms with van der Waals surface area (Å²) in [6.07, 6.45) is 1.05. The fourth-order valence-corrected chi connectivity index (χ4v) is 2.27. The smallest absolute Gasteiger partial charge is 0.219 e. The Balaban J connectivity index is 2.25. The minimum atomic E-state index is -0.535. The lowest BCUT2D eigenvalue weighted by atomic mass is 10.1. The summed E-state index contributed by atoms with van der Waals surface area (Å²) in [6.45, 7) is 3.46. The molecular weight excluding hydrogens is 288 g/mol. The van der Waals surface area contributed by atoms with E-state index >= 15 is 0 Å². The summed E-state index contributed by atoms with van der Waals surface area (Å²) in [5.74, 6) is -0.0853. The molecule has 0 aliphatic heterocycles. The van der Waals surface area contributed by atoms with Crippen LogP contribution in [0.2, 0.25) is 10.0 Å². The molecule has 0 spiro atoms. The number of hydrogen-bond donors (Lipinski definition) is 0. The van der Waals surface area contributed by atoms with E-state index in [4.69, 9.17) is 27.9 Å². The van der Waals surface area contributed by atoms with Crippen molar-refractivity contribution < 1.29 is 9.13 Å². The van der Waals surface area contributed by atoms with Crippen LogP contribution in [0.4, 0.5) is 4.39 Å². The summed E-state index contributed by atoms with van der Waals surface area (Å²) < 4.78 is 19.1. The molecule has 1 aromatic heterocycles. The number of pyridine rings is 1. The molecule has 1 atom stereocenters. The number of ether oxygens (including phenoxy) is 1. The largest absolute Gasteiger partial charge is 0.485 e. The van der Waals surface area contributed by atoms with Gasteiger partial charge >= 0.3 is 0 Å². The van der Waals surface area contributed by atoms with Crippen molar-refractivity contribution in [2.75, 3.05) is 0 Å². The van der Waals surface area contributed by atoms with Gasteiger partial charge in [-0.2, -0.15) is 4.39 Å². The minimum absolute atomic E-state index is 0.315. The second-order valence-electron chi connectivity index (χ2n) is 4.15. The van der Waals surface area contributed by atoms with E-state index in [0.717, 1.165) is 5.56 Å². The first kappa shape index (κ1) is 14.1. The monoisotopic (exact) mass is 299 g/mol. The third kappa shape index (κ3) is 3.17. The molecular formula is C14H12Cl2FNO. The highest BCUT2D eigenvalue weighted by atomic mass is 35.5. The Bertz CT molecular complexity index is 604. The maximum atomic E-state index is 13.3. The van der Waals surface area contributed by atoms with E-state index in [0.29, 0.717) is 21.4 Å². The molecule has 0 aliphatic rings. The third-order valence-corrected chi connectivity index (χ3v) is 3.36. The Morgan fingerprint density at radius 1 is 1.26 bits per heavy atom. The number of halogens is 3. The molecule has 0 amide bonds. The van der Waals surface area contributed by atoms with E-state index in [1.54, 1.807) is 31.2 Å². The first-order valence-electron chi connectivity index (χ1n) is 5.71. The number of nitrogens with zero attached hydrogens (tertiary/aromatic N) is 1. The van der Waals surface area contributed by atoms with Gasteiger partial charge in [0.2, 0.25) is 5.95 Å². The maximum Gasteiger partial charge on any atom is 0.219 e. The molecule has 2 aromatic rings. The lowest BCUT2D eigenvalue weighted by Crippen LogP contribution is -2.06. The second kappa shape index (κ2) is 5.76. The Kier molecular flexibility index (Phi) is 4.27. The summed E-state index contributed by atoms with van der Waals surface area (Å²) in [5.41, 5.74) is 1.17. The lowest BCUT2D eigenvalue weighted by molar-refractivity contribution is 0.223. The zero-order valence-corrected chi connectivity index (χ0v) is 12.0. The predicted molar refractivity (Wildman–Crippen MR) is 74.4 cm³/mol. The van der Waals surface area contributed by atoms with Crippen LogP contribution >= 0.6 is 23.2 Å². The van der Waals surface area contributed by atoms with Gasteiger partial charge in [-0.25, -0.2) is 4.98 Å². The fourth-order valence-electron chi connectivity index (χ4n) is 1.71. The highest BCUT2D eigenvalue weighted by Gasteiger charge is 2.14. The zero-order chi connectivity index (χ0) is 14.0. The van der Waals surface area contributed by atoms with Gasteiger partial charge in [0.25, 0.3) is 0 Å². The fraction of sp³-hybridized carbons (Fsp3) is 0.214. The maximum absolute atomic E-state index is 13.3. The lowest BCUT2D eigenvalue weighted by Gasteiger charge is -2.17. The van der Waals surface area contributed by atoms with Crippen molar-refractivity contribution in [3.05, 3.63) is 57.6 Å². The van der Waals surface area contributed by atoms with Gasteiger partial charge in [-0.1, -0.05) is 29.3 Å². The SMILES string of the molecule is Cc1c(O[C@H](C)c2ccc(Cl)cc2Cl)ccnc1F. The Hall–Kier alpha value is -1.32. The standard InChI is InChI=1S/C14H12Cl2FNO/c1-8-13(5-6-18-14(8)17)19-9(2)11-4-3-10(15)7-12(11)16/h3-7,9H,1-2H3/t9-/m1/s1. The topological polar surface area (TPSA) is 22.1 Å². The summed E-state index contributed by atoms with van der Waals surface area (Å²) in [6, 6.07) is 6.81. The molecule has 0 saturated heterocycles. The average Bonchev–Trinajstić information content (AvgIpc) is 2.34. The zero-order valence-electron chi connectivity index (χ0n) is 10.5. The number of benzene rings is 1. The van der Waals surface area contributed by atoms with Gasteiger partial charge in [0, 0.05) is 27.4 Å². The first-order valence-corrected chi connectivity index (χ1v) is 6.47. The predicted octanol–water partition coefficient (Wildman–Crippen LogP) is 4.98. The molecule has 0 bridgehead atoms. The van der Waals surface area contributed by atoms with Crippen LogP contribution in [0.1, 0.15) is 24.2 Å². The van der Waals surface area contributed by atoms with Crippen molar-refractivity contribution in [1.82, 2.24) is 4.98 Å². The quantitative estimate of drug-likeness (QED) is 0.746.